The molecule has 1 saturated heterocycles. The smallest absolute Gasteiger partial charge is 0.243 e. The van der Waals surface area contributed by atoms with Crippen LogP contribution in [0, 0.1) is 18.3 Å². The third-order valence-corrected chi connectivity index (χ3v) is 5.38. The molecule has 0 radical (unpaired) electrons. The van der Waals surface area contributed by atoms with Crippen LogP contribution in [0.2, 0.25) is 0 Å². The summed E-state index contributed by atoms with van der Waals surface area (Å²) in [5.74, 6) is 0. The molecule has 0 amide bonds. The van der Waals surface area contributed by atoms with Crippen molar-refractivity contribution in [2.45, 2.75) is 17.9 Å². The Kier molecular flexibility index (Phi) is 4.40. The largest absolute Gasteiger partial charge is 0.395 e. The van der Waals surface area contributed by atoms with Crippen LogP contribution in [0.5, 0.6) is 0 Å². The predicted octanol–water partition coefficient (Wildman–Crippen LogP) is 0.249. The highest BCUT2D eigenvalue weighted by molar-refractivity contribution is 7.89. The Hall–Kier alpha value is -1.46. The zero-order valence-corrected chi connectivity index (χ0v) is 11.9. The maximum atomic E-state index is 12.7. The number of ether oxygens (including phenoxy) is 1. The van der Waals surface area contributed by atoms with E-state index >= 15 is 0 Å². The van der Waals surface area contributed by atoms with Gasteiger partial charge in [0.2, 0.25) is 10.0 Å². The molecule has 20 heavy (non-hydrogen) atoms. The monoisotopic (exact) mass is 296 g/mol. The number of aliphatic hydroxyl groups is 1. The molecule has 1 heterocycles. The molecule has 2 rings (SSSR count). The molecule has 0 bridgehead atoms. The van der Waals surface area contributed by atoms with Gasteiger partial charge in [-0.3, -0.25) is 0 Å². The number of nitrogens with zero attached hydrogens (tertiary/aromatic N) is 2. The van der Waals surface area contributed by atoms with E-state index in [1.165, 1.54) is 10.4 Å². The first-order valence-corrected chi connectivity index (χ1v) is 7.66. The van der Waals surface area contributed by atoms with Gasteiger partial charge in [-0.1, -0.05) is 6.07 Å². The van der Waals surface area contributed by atoms with Gasteiger partial charge in [-0.05, 0) is 24.6 Å². The van der Waals surface area contributed by atoms with Crippen LogP contribution in [-0.4, -0.2) is 50.2 Å². The summed E-state index contributed by atoms with van der Waals surface area (Å²) in [5.41, 5.74) is 0.871. The number of hydrogen-bond acceptors (Lipinski definition) is 5. The molecule has 1 unspecified atom stereocenters. The summed E-state index contributed by atoms with van der Waals surface area (Å²) in [6.07, 6.45) is 0. The van der Waals surface area contributed by atoms with E-state index in [1.54, 1.807) is 19.1 Å². The fourth-order valence-corrected chi connectivity index (χ4v) is 4.01. The first-order valence-electron chi connectivity index (χ1n) is 6.22. The van der Waals surface area contributed by atoms with Gasteiger partial charge in [0.05, 0.1) is 42.4 Å². The molecule has 7 heteroatoms. The first kappa shape index (κ1) is 14.9. The topological polar surface area (TPSA) is 90.6 Å². The van der Waals surface area contributed by atoms with Gasteiger partial charge in [0, 0.05) is 6.54 Å². The number of rotatable bonds is 3. The van der Waals surface area contributed by atoms with E-state index in [0.717, 1.165) is 0 Å². The molecule has 108 valence electrons. The van der Waals surface area contributed by atoms with Gasteiger partial charge in [0.25, 0.3) is 0 Å². The second kappa shape index (κ2) is 5.89. The van der Waals surface area contributed by atoms with E-state index in [4.69, 9.17) is 10.00 Å². The van der Waals surface area contributed by atoms with Gasteiger partial charge in [-0.2, -0.15) is 9.57 Å². The minimum absolute atomic E-state index is 0.108. The van der Waals surface area contributed by atoms with Crippen LogP contribution >= 0.6 is 0 Å². The van der Waals surface area contributed by atoms with Crippen molar-refractivity contribution in [2.75, 3.05) is 26.4 Å². The first-order chi connectivity index (χ1) is 9.50. The molecule has 1 aromatic carbocycles. The van der Waals surface area contributed by atoms with Crippen molar-refractivity contribution < 1.29 is 18.3 Å². The minimum atomic E-state index is -3.74. The molecule has 0 aromatic heterocycles. The van der Waals surface area contributed by atoms with Gasteiger partial charge in [0.1, 0.15) is 0 Å². The van der Waals surface area contributed by atoms with Crippen LogP contribution in [0.3, 0.4) is 0 Å². The molecule has 1 N–H and O–H groups in total. The van der Waals surface area contributed by atoms with Crippen molar-refractivity contribution in [3.63, 3.8) is 0 Å². The van der Waals surface area contributed by atoms with Crippen LogP contribution in [0.1, 0.15) is 11.1 Å². The Bertz CT molecular complexity index is 636. The van der Waals surface area contributed by atoms with Crippen LogP contribution in [0.15, 0.2) is 23.1 Å². The van der Waals surface area contributed by atoms with Gasteiger partial charge in [-0.15, -0.1) is 0 Å². The van der Waals surface area contributed by atoms with Crippen molar-refractivity contribution in [3.05, 3.63) is 29.3 Å². The molecule has 0 aliphatic carbocycles. The van der Waals surface area contributed by atoms with Crippen LogP contribution in [-0.2, 0) is 14.8 Å². The molecular formula is C13H16N2O4S. The number of morpholine rings is 1. The zero-order chi connectivity index (χ0) is 14.8. The van der Waals surface area contributed by atoms with Crippen LogP contribution < -0.4 is 0 Å². The summed E-state index contributed by atoms with van der Waals surface area (Å²) in [6, 6.07) is 5.91. The second-order valence-corrected chi connectivity index (χ2v) is 6.48. The van der Waals surface area contributed by atoms with E-state index in [2.05, 4.69) is 0 Å². The predicted molar refractivity (Wildman–Crippen MR) is 71.5 cm³/mol. The fourth-order valence-electron chi connectivity index (χ4n) is 2.17. The minimum Gasteiger partial charge on any atom is -0.395 e. The summed E-state index contributed by atoms with van der Waals surface area (Å²) in [5, 5.41) is 18.2. The maximum Gasteiger partial charge on any atom is 0.243 e. The Morgan fingerprint density at radius 2 is 2.30 bits per heavy atom. The molecule has 1 atom stereocenters. The Morgan fingerprint density at radius 1 is 1.55 bits per heavy atom. The van der Waals surface area contributed by atoms with Crippen LogP contribution in [0.25, 0.3) is 0 Å². The lowest BCUT2D eigenvalue weighted by molar-refractivity contribution is 0.0109. The summed E-state index contributed by atoms with van der Waals surface area (Å²) < 4.78 is 31.8. The Morgan fingerprint density at radius 3 is 2.95 bits per heavy atom. The summed E-state index contributed by atoms with van der Waals surface area (Å²) >= 11 is 0. The average Bonchev–Trinajstić information content (AvgIpc) is 2.47. The molecule has 1 fully saturated rings. The Labute approximate surface area is 118 Å². The lowest BCUT2D eigenvalue weighted by atomic mass is 10.2. The second-order valence-electron chi connectivity index (χ2n) is 4.62. The quantitative estimate of drug-likeness (QED) is 0.863. The number of aliphatic hydroxyl groups excluding tert-OH is 1. The molecule has 6 nitrogen and oxygen atoms in total. The van der Waals surface area contributed by atoms with Gasteiger partial charge >= 0.3 is 0 Å². The average molecular weight is 296 g/mol. The maximum absolute atomic E-state index is 12.7. The fraction of sp³-hybridized carbons (Fsp3) is 0.462. The summed E-state index contributed by atoms with van der Waals surface area (Å²) in [7, 11) is -3.74. The highest BCUT2D eigenvalue weighted by atomic mass is 32.2. The molecule has 1 aliphatic heterocycles. The van der Waals surface area contributed by atoms with E-state index in [9.17, 15) is 13.5 Å². The van der Waals surface area contributed by atoms with E-state index in [1.807, 2.05) is 6.07 Å². The summed E-state index contributed by atoms with van der Waals surface area (Å²) in [6.45, 7) is 2.06. The SMILES string of the molecule is Cc1ccc(C#N)cc1S(=O)(=O)N1CCOCC1CO. The number of hydrogen-bond donors (Lipinski definition) is 1. The van der Waals surface area contributed by atoms with Crippen molar-refractivity contribution in [3.8, 4) is 6.07 Å². The number of benzene rings is 1. The zero-order valence-electron chi connectivity index (χ0n) is 11.1. The standard InChI is InChI=1S/C13H16N2O4S/c1-10-2-3-11(7-14)6-13(10)20(17,18)15-4-5-19-9-12(15)8-16/h2-3,6,12,16H,4-5,8-9H2,1H3. The lowest BCUT2D eigenvalue weighted by Crippen LogP contribution is -2.50. The normalized spacial score (nSPS) is 20.6. The van der Waals surface area contributed by atoms with Gasteiger partial charge < -0.3 is 9.84 Å². The highest BCUT2D eigenvalue weighted by Crippen LogP contribution is 2.24. The Balaban J connectivity index is 2.46. The van der Waals surface area contributed by atoms with E-state index < -0.39 is 16.1 Å². The third-order valence-electron chi connectivity index (χ3n) is 3.29. The molecule has 1 aliphatic rings. The molecule has 0 saturated carbocycles. The lowest BCUT2D eigenvalue weighted by Gasteiger charge is -2.33. The number of sulfonamides is 1. The van der Waals surface area contributed by atoms with Crippen LogP contribution in [0.4, 0.5) is 0 Å². The third kappa shape index (κ3) is 2.69. The summed E-state index contributed by atoms with van der Waals surface area (Å²) in [4.78, 5) is 0.108. The molecular weight excluding hydrogens is 280 g/mol. The van der Waals surface area contributed by atoms with Crippen molar-refractivity contribution in [1.29, 1.82) is 5.26 Å². The van der Waals surface area contributed by atoms with E-state index in [-0.39, 0.29) is 24.7 Å². The highest BCUT2D eigenvalue weighted by Gasteiger charge is 2.34. The van der Waals surface area contributed by atoms with Gasteiger partial charge in [0.15, 0.2) is 0 Å². The van der Waals surface area contributed by atoms with Crippen molar-refractivity contribution in [1.82, 2.24) is 4.31 Å². The number of aryl methyl sites for hydroxylation is 1. The molecule has 1 aromatic rings. The van der Waals surface area contributed by atoms with Gasteiger partial charge in [-0.25, -0.2) is 8.42 Å². The van der Waals surface area contributed by atoms with Crippen molar-refractivity contribution >= 4 is 10.0 Å². The molecule has 0 spiro atoms. The van der Waals surface area contributed by atoms with E-state index in [0.29, 0.717) is 17.7 Å². The number of nitriles is 1. The van der Waals surface area contributed by atoms with Crippen molar-refractivity contribution in [2.24, 2.45) is 0 Å².